The number of imidazole rings is 1. The summed E-state index contributed by atoms with van der Waals surface area (Å²) >= 11 is 3.83. The smallest absolute Gasteiger partial charge is 0.327 e. The first-order valence-corrected chi connectivity index (χ1v) is 26.6. The maximum absolute atomic E-state index is 14.4. The Bertz CT molecular complexity index is 2450. The van der Waals surface area contributed by atoms with Crippen LogP contribution in [-0.2, 0) is 70.4 Å². The number of carboxylic acids is 1. The fraction of sp³-hybridized carbons (Fsp3) is 0.580. The molecule has 11 amide bonds. The standard InChI is InChI=1S/C50H76N14O15S/c1-26(2)14-32(43(71)55-20-40(68)53-19-39(67)54-21-41(69)58-36(23-66)47(75)63-37(24-80)50(78)79)60-45(73)34(16-29-10-7-6-8-11-29)61-46(74)35(17-30-18-52-25-56-30)62-44(72)33(15-27(3)4)59-42(70)28(5)57-48(76)38-12-9-13-64(38)49(77)31(51)22-65/h6-8,10-11,18,25-28,31-38,65-66,80H,9,12-17,19-24,51H2,1-5H3,(H,52,56)(H,53,68)(H,54,67)(H,55,71)(H,57,76)(H,58,69)(H,59,70)(H,60,73)(H,61,74)(H,62,72)(H,63,75)(H,78,79)/t28-,31-,32-,33-,34-,35-,36-,37-,38-/m0/s1. The number of hydrogen-bond acceptors (Lipinski definition) is 17. The first-order chi connectivity index (χ1) is 37.9. The van der Waals surface area contributed by atoms with E-state index < -0.39 is 158 Å². The maximum Gasteiger partial charge on any atom is 0.327 e. The molecule has 1 aromatic heterocycles. The average Bonchev–Trinajstić information content (AvgIpc) is 4.17. The maximum atomic E-state index is 14.4. The monoisotopic (exact) mass is 1140 g/mol. The molecule has 1 aliphatic rings. The largest absolute Gasteiger partial charge is 0.480 e. The number of rotatable bonds is 33. The van der Waals surface area contributed by atoms with E-state index >= 15 is 0 Å². The van der Waals surface area contributed by atoms with E-state index in [0.29, 0.717) is 24.1 Å². The lowest BCUT2D eigenvalue weighted by Gasteiger charge is -2.28. The van der Waals surface area contributed by atoms with Crippen molar-refractivity contribution < 1.29 is 72.9 Å². The lowest BCUT2D eigenvalue weighted by Crippen LogP contribution is -2.60. The highest BCUT2D eigenvalue weighted by Crippen LogP contribution is 2.19. The predicted octanol–water partition coefficient (Wildman–Crippen LogP) is -5.63. The molecule has 0 aliphatic carbocycles. The number of nitrogens with two attached hydrogens (primary N) is 1. The van der Waals surface area contributed by atoms with Crippen LogP contribution >= 0.6 is 12.6 Å². The van der Waals surface area contributed by atoms with E-state index in [1.165, 1.54) is 24.3 Å². The number of carbonyl (C=O) groups excluding carboxylic acids is 11. The fourth-order valence-corrected chi connectivity index (χ4v) is 8.29. The van der Waals surface area contributed by atoms with Crippen LogP contribution in [0.3, 0.4) is 0 Å². The van der Waals surface area contributed by atoms with E-state index in [1.807, 2.05) is 0 Å². The zero-order valence-corrected chi connectivity index (χ0v) is 46.1. The molecule has 442 valence electrons. The molecule has 0 bridgehead atoms. The van der Waals surface area contributed by atoms with Crippen LogP contribution in [0.15, 0.2) is 42.9 Å². The van der Waals surface area contributed by atoms with Crippen molar-refractivity contribution >= 4 is 83.6 Å². The number of nitrogens with one attached hydrogen (secondary N) is 11. The molecule has 29 nitrogen and oxygen atoms in total. The van der Waals surface area contributed by atoms with Crippen LogP contribution in [0.25, 0.3) is 0 Å². The highest BCUT2D eigenvalue weighted by atomic mass is 32.1. The van der Waals surface area contributed by atoms with Gasteiger partial charge in [-0.3, -0.25) is 52.7 Å². The SMILES string of the molecule is CC(C)C[C@H](NC(=O)[C@H](C)NC(=O)[C@@H]1CCCN1C(=O)[C@@H](N)CO)C(=O)N[C@@H](Cc1cnc[nH]1)C(=O)N[C@@H](Cc1ccccc1)C(=O)N[C@@H](CC(C)C)C(=O)NCC(=O)NCC(=O)NCC(=O)N[C@@H](CO)C(=O)N[C@@H](CS)C(=O)O. The Hall–Kier alpha value is -7.70. The number of nitrogens with zero attached hydrogens (tertiary/aromatic N) is 2. The van der Waals surface area contributed by atoms with Crippen molar-refractivity contribution in [3.05, 3.63) is 54.1 Å². The molecule has 0 unspecified atom stereocenters. The van der Waals surface area contributed by atoms with Crippen LogP contribution in [0.4, 0.5) is 0 Å². The highest BCUT2D eigenvalue weighted by molar-refractivity contribution is 7.80. The number of carboxylic acid groups (broad SMARTS) is 1. The van der Waals surface area contributed by atoms with Crippen molar-refractivity contribution in [2.24, 2.45) is 17.6 Å². The summed E-state index contributed by atoms with van der Waals surface area (Å²) in [7, 11) is 0. The summed E-state index contributed by atoms with van der Waals surface area (Å²) in [5.74, 6) is -10.9. The minimum Gasteiger partial charge on any atom is -0.480 e. The third-order valence-electron chi connectivity index (χ3n) is 12.3. The van der Waals surface area contributed by atoms with Crippen LogP contribution in [-0.4, -0.2) is 201 Å². The molecule has 1 saturated heterocycles. The Morgan fingerprint density at radius 3 is 1.69 bits per heavy atom. The van der Waals surface area contributed by atoms with Gasteiger partial charge in [0.05, 0.1) is 39.2 Å². The van der Waals surface area contributed by atoms with Gasteiger partial charge in [0.2, 0.25) is 65.0 Å². The summed E-state index contributed by atoms with van der Waals surface area (Å²) in [6, 6.07) is -2.98. The number of H-pyrrole nitrogens is 1. The number of carbonyl (C=O) groups is 12. The van der Waals surface area contributed by atoms with E-state index in [0.717, 1.165) is 0 Å². The predicted molar refractivity (Wildman–Crippen MR) is 288 cm³/mol. The summed E-state index contributed by atoms with van der Waals surface area (Å²) in [6.07, 6.45) is 3.46. The number of benzene rings is 1. The molecule has 0 radical (unpaired) electrons. The van der Waals surface area contributed by atoms with Crippen molar-refractivity contribution in [3.8, 4) is 0 Å². The average molecular weight is 1150 g/mol. The van der Waals surface area contributed by atoms with Gasteiger partial charge in [0.1, 0.15) is 54.4 Å². The molecule has 2 aromatic rings. The molecule has 1 fully saturated rings. The van der Waals surface area contributed by atoms with Crippen molar-refractivity contribution in [1.29, 1.82) is 0 Å². The second-order valence-corrected chi connectivity index (χ2v) is 20.2. The fourth-order valence-electron chi connectivity index (χ4n) is 8.04. The van der Waals surface area contributed by atoms with Crippen LogP contribution in [0.5, 0.6) is 0 Å². The van der Waals surface area contributed by atoms with Crippen LogP contribution in [0.2, 0.25) is 0 Å². The van der Waals surface area contributed by atoms with E-state index in [1.54, 1.807) is 58.0 Å². The Morgan fingerprint density at radius 1 is 0.637 bits per heavy atom. The quantitative estimate of drug-likeness (QED) is 0.0296. The normalized spacial score (nSPS) is 16.0. The second kappa shape index (κ2) is 33.7. The minimum absolute atomic E-state index is 0.0611. The first kappa shape index (κ1) is 66.6. The molecule has 0 saturated carbocycles. The molecule has 9 atom stereocenters. The Balaban J connectivity index is 1.71. The van der Waals surface area contributed by atoms with Gasteiger partial charge < -0.3 is 84.1 Å². The lowest BCUT2D eigenvalue weighted by atomic mass is 10.00. The third-order valence-corrected chi connectivity index (χ3v) is 12.6. The van der Waals surface area contributed by atoms with Gasteiger partial charge in [-0.1, -0.05) is 58.0 Å². The molecule has 0 spiro atoms. The van der Waals surface area contributed by atoms with E-state index in [2.05, 4.69) is 75.8 Å². The topological polar surface area (TPSA) is 444 Å². The number of amides is 11. The van der Waals surface area contributed by atoms with Gasteiger partial charge >= 0.3 is 5.97 Å². The molecule has 1 aliphatic heterocycles. The third kappa shape index (κ3) is 22.6. The number of likely N-dealkylation sites (tertiary alicyclic amines) is 1. The van der Waals surface area contributed by atoms with Crippen LogP contribution < -0.4 is 58.9 Å². The zero-order valence-electron chi connectivity index (χ0n) is 45.2. The van der Waals surface area contributed by atoms with Gasteiger partial charge in [-0.15, -0.1) is 0 Å². The number of aliphatic hydroxyl groups excluding tert-OH is 2. The Morgan fingerprint density at radius 2 is 1.15 bits per heavy atom. The lowest BCUT2D eigenvalue weighted by molar-refractivity contribution is -0.141. The van der Waals surface area contributed by atoms with Crippen molar-refractivity contribution in [1.82, 2.24) is 68.0 Å². The molecule has 16 N–H and O–H groups in total. The van der Waals surface area contributed by atoms with Gasteiger partial charge in [-0.2, -0.15) is 12.6 Å². The summed E-state index contributed by atoms with van der Waals surface area (Å²) in [5.41, 5.74) is 6.73. The van der Waals surface area contributed by atoms with Gasteiger partial charge in [-0.05, 0) is 50.0 Å². The highest BCUT2D eigenvalue weighted by Gasteiger charge is 2.38. The Kier molecular flexibility index (Phi) is 28.0. The number of thiol groups is 1. The molecule has 1 aromatic carbocycles. The van der Waals surface area contributed by atoms with E-state index in [4.69, 9.17) is 10.8 Å². The van der Waals surface area contributed by atoms with Crippen molar-refractivity contribution in [3.63, 3.8) is 0 Å². The number of aromatic amines is 1. The number of hydrogen-bond donors (Lipinski definition) is 16. The minimum atomic E-state index is -1.55. The summed E-state index contributed by atoms with van der Waals surface area (Å²) < 4.78 is 0. The Labute approximate surface area is 467 Å². The van der Waals surface area contributed by atoms with Crippen LogP contribution in [0.1, 0.15) is 71.6 Å². The van der Waals surface area contributed by atoms with E-state index in [-0.39, 0.29) is 49.8 Å². The van der Waals surface area contributed by atoms with Gasteiger partial charge in [0.15, 0.2) is 0 Å². The first-order valence-electron chi connectivity index (χ1n) is 25.9. The number of aromatic nitrogens is 2. The summed E-state index contributed by atoms with van der Waals surface area (Å²) in [5, 5.41) is 52.5. The molecule has 30 heteroatoms. The molecular weight excluding hydrogens is 1070 g/mol. The van der Waals surface area contributed by atoms with E-state index in [9.17, 15) is 67.7 Å². The van der Waals surface area contributed by atoms with Crippen molar-refractivity contribution in [2.45, 2.75) is 128 Å². The van der Waals surface area contributed by atoms with Gasteiger partial charge in [0, 0.05) is 37.0 Å². The zero-order chi connectivity index (χ0) is 59.6. The van der Waals surface area contributed by atoms with Gasteiger partial charge in [0.25, 0.3) is 0 Å². The molecular formula is C50H76N14O15S. The van der Waals surface area contributed by atoms with Crippen LogP contribution in [0, 0.1) is 11.8 Å². The number of aliphatic carboxylic acids is 1. The number of aliphatic hydroxyl groups is 2. The molecule has 80 heavy (non-hydrogen) atoms. The summed E-state index contributed by atoms with van der Waals surface area (Å²) in [4.78, 5) is 165. The molecule has 2 heterocycles. The van der Waals surface area contributed by atoms with Gasteiger partial charge in [-0.25, -0.2) is 9.78 Å². The molecule has 3 rings (SSSR count). The summed E-state index contributed by atoms with van der Waals surface area (Å²) in [6.45, 7) is 5.23. The van der Waals surface area contributed by atoms with Crippen molar-refractivity contribution in [2.75, 3.05) is 45.1 Å². The second-order valence-electron chi connectivity index (χ2n) is 19.8.